The van der Waals surface area contributed by atoms with Crippen molar-refractivity contribution in [2.45, 2.75) is 12.6 Å². The molecule has 2 N–H and O–H groups in total. The zero-order valence-electron chi connectivity index (χ0n) is 17.6. The van der Waals surface area contributed by atoms with Crippen molar-refractivity contribution in [2.24, 2.45) is 5.73 Å². The number of nitrogens with two attached hydrogens (primary N) is 1. The van der Waals surface area contributed by atoms with Crippen LogP contribution in [0.1, 0.15) is 32.1 Å². The Morgan fingerprint density at radius 2 is 1.70 bits per heavy atom. The summed E-state index contributed by atoms with van der Waals surface area (Å²) in [5.41, 5.74) is 4.06. The molecule has 0 saturated carbocycles. The Bertz CT molecular complexity index is 1240. The minimum absolute atomic E-state index is 0.0260. The molecule has 0 unspecified atom stereocenters. The van der Waals surface area contributed by atoms with Gasteiger partial charge in [0.25, 0.3) is 11.8 Å². The van der Waals surface area contributed by atoms with E-state index in [1.165, 1.54) is 37.3 Å². The number of ether oxygens (including phenoxy) is 2. The molecule has 0 bridgehead atoms. The monoisotopic (exact) mass is 460 g/mol. The molecule has 8 nitrogen and oxygen atoms in total. The lowest BCUT2D eigenvalue weighted by atomic mass is 10.0. The first-order valence-corrected chi connectivity index (χ1v) is 9.79. The first-order valence-electron chi connectivity index (χ1n) is 9.79. The summed E-state index contributed by atoms with van der Waals surface area (Å²) < 4.78 is 52.4. The van der Waals surface area contributed by atoms with Gasteiger partial charge in [-0.05, 0) is 48.9 Å². The standard InChI is InChI=1S/C22H19F3N4O4/c1-32-13-5-3-12(4-6-13)28-10-9-15-18(21(28)31)29(27-19(15)22(23,24)25)17-8-7-14(33-2)11-16(17)20(26)30/h3-8,11H,9-10H2,1-2H3,(H2,26,30). The van der Waals surface area contributed by atoms with Gasteiger partial charge in [0.2, 0.25) is 0 Å². The summed E-state index contributed by atoms with van der Waals surface area (Å²) in [6, 6.07) is 10.6. The van der Waals surface area contributed by atoms with Crippen molar-refractivity contribution >= 4 is 17.5 Å². The molecule has 0 saturated heterocycles. The van der Waals surface area contributed by atoms with Crippen LogP contribution in [0.15, 0.2) is 42.5 Å². The molecule has 0 radical (unpaired) electrons. The van der Waals surface area contributed by atoms with Gasteiger partial charge in [-0.15, -0.1) is 0 Å². The van der Waals surface area contributed by atoms with Crippen LogP contribution in [0.2, 0.25) is 0 Å². The summed E-state index contributed by atoms with van der Waals surface area (Å²) in [5, 5.41) is 3.71. The summed E-state index contributed by atoms with van der Waals surface area (Å²) >= 11 is 0. The molecule has 0 fully saturated rings. The van der Waals surface area contributed by atoms with Crippen LogP contribution in [-0.4, -0.2) is 42.4 Å². The molecule has 4 rings (SSSR count). The SMILES string of the molecule is COc1ccc(N2CCc3c(C(F)(F)F)nn(-c4ccc(OC)cc4C(N)=O)c3C2=O)cc1. The number of amides is 2. The molecule has 33 heavy (non-hydrogen) atoms. The van der Waals surface area contributed by atoms with E-state index in [9.17, 15) is 22.8 Å². The Hall–Kier alpha value is -4.02. The molecule has 172 valence electrons. The zero-order valence-corrected chi connectivity index (χ0v) is 17.6. The molecular weight excluding hydrogens is 441 g/mol. The first-order chi connectivity index (χ1) is 15.7. The summed E-state index contributed by atoms with van der Waals surface area (Å²) in [6.07, 6.45) is -4.87. The normalized spacial score (nSPS) is 13.6. The number of benzene rings is 2. The van der Waals surface area contributed by atoms with E-state index in [-0.39, 0.29) is 41.2 Å². The summed E-state index contributed by atoms with van der Waals surface area (Å²) in [5.74, 6) is -0.749. The third kappa shape index (κ3) is 3.86. The van der Waals surface area contributed by atoms with Crippen molar-refractivity contribution in [3.63, 3.8) is 0 Å². The molecule has 3 aromatic rings. The van der Waals surface area contributed by atoms with Gasteiger partial charge in [-0.25, -0.2) is 4.68 Å². The second-order valence-corrected chi connectivity index (χ2v) is 7.24. The molecule has 0 aliphatic carbocycles. The molecule has 1 aliphatic rings. The van der Waals surface area contributed by atoms with E-state index in [0.29, 0.717) is 11.4 Å². The summed E-state index contributed by atoms with van der Waals surface area (Å²) in [4.78, 5) is 26.8. The van der Waals surface area contributed by atoms with Crippen LogP contribution in [0.25, 0.3) is 5.69 Å². The van der Waals surface area contributed by atoms with Gasteiger partial charge in [0.1, 0.15) is 17.2 Å². The number of carbonyl (C=O) groups excluding carboxylic acids is 2. The highest BCUT2D eigenvalue weighted by Crippen LogP contribution is 2.38. The number of hydrogen-bond acceptors (Lipinski definition) is 5. The van der Waals surface area contributed by atoms with Crippen molar-refractivity contribution in [1.29, 1.82) is 0 Å². The fourth-order valence-electron chi connectivity index (χ4n) is 3.79. The highest BCUT2D eigenvalue weighted by atomic mass is 19.4. The molecule has 11 heteroatoms. The average molecular weight is 460 g/mol. The number of alkyl halides is 3. The summed E-state index contributed by atoms with van der Waals surface area (Å²) in [7, 11) is 2.86. The molecule has 2 amide bonds. The minimum atomic E-state index is -4.79. The highest BCUT2D eigenvalue weighted by molar-refractivity contribution is 6.08. The molecule has 1 aromatic heterocycles. The number of aromatic nitrogens is 2. The number of carbonyl (C=O) groups is 2. The third-order valence-corrected chi connectivity index (χ3v) is 5.37. The maximum atomic E-state index is 13.8. The number of methoxy groups -OCH3 is 2. The maximum Gasteiger partial charge on any atom is 0.435 e. The number of rotatable bonds is 5. The quantitative estimate of drug-likeness (QED) is 0.630. The van der Waals surface area contributed by atoms with E-state index in [0.717, 1.165) is 4.68 Å². The van der Waals surface area contributed by atoms with Crippen LogP contribution in [0.5, 0.6) is 11.5 Å². The lowest BCUT2D eigenvalue weighted by molar-refractivity contribution is -0.141. The van der Waals surface area contributed by atoms with Crippen molar-refractivity contribution in [3.05, 3.63) is 65.0 Å². The molecule has 2 heterocycles. The fraction of sp³-hybridized carbons (Fsp3) is 0.227. The first kappa shape index (κ1) is 22.2. The Morgan fingerprint density at radius 3 is 2.27 bits per heavy atom. The van der Waals surface area contributed by atoms with Gasteiger partial charge in [-0.3, -0.25) is 9.59 Å². The van der Waals surface area contributed by atoms with Crippen molar-refractivity contribution in [3.8, 4) is 17.2 Å². The maximum absolute atomic E-state index is 13.8. The smallest absolute Gasteiger partial charge is 0.435 e. The van der Waals surface area contributed by atoms with Gasteiger partial charge in [-0.1, -0.05) is 0 Å². The van der Waals surface area contributed by atoms with E-state index >= 15 is 0 Å². The molecule has 0 spiro atoms. The Morgan fingerprint density at radius 1 is 1.06 bits per heavy atom. The van der Waals surface area contributed by atoms with E-state index in [2.05, 4.69) is 5.10 Å². The number of hydrogen-bond donors (Lipinski definition) is 1. The van der Waals surface area contributed by atoms with Crippen LogP contribution in [0, 0.1) is 0 Å². The predicted octanol–water partition coefficient (Wildman–Crippen LogP) is 3.21. The lowest BCUT2D eigenvalue weighted by Gasteiger charge is -2.28. The second kappa shape index (κ2) is 8.15. The van der Waals surface area contributed by atoms with Crippen molar-refractivity contribution in [1.82, 2.24) is 9.78 Å². The van der Waals surface area contributed by atoms with E-state index in [4.69, 9.17) is 15.2 Å². The van der Waals surface area contributed by atoms with E-state index in [1.807, 2.05) is 0 Å². The molecule has 1 aliphatic heterocycles. The van der Waals surface area contributed by atoms with Gasteiger partial charge in [0.05, 0.1) is 25.5 Å². The molecular formula is C22H19F3N4O4. The van der Waals surface area contributed by atoms with Crippen LogP contribution in [0.4, 0.5) is 18.9 Å². The Balaban J connectivity index is 1.90. The molecule has 2 aromatic carbocycles. The minimum Gasteiger partial charge on any atom is -0.497 e. The molecule has 0 atom stereocenters. The third-order valence-electron chi connectivity index (χ3n) is 5.37. The van der Waals surface area contributed by atoms with Gasteiger partial charge in [0, 0.05) is 17.8 Å². The van der Waals surface area contributed by atoms with Gasteiger partial charge < -0.3 is 20.1 Å². The largest absolute Gasteiger partial charge is 0.497 e. The van der Waals surface area contributed by atoms with Crippen molar-refractivity contribution < 1.29 is 32.2 Å². The van der Waals surface area contributed by atoms with E-state index < -0.39 is 23.7 Å². The van der Waals surface area contributed by atoms with Crippen molar-refractivity contribution in [2.75, 3.05) is 25.7 Å². The number of halogens is 3. The number of nitrogens with zero attached hydrogens (tertiary/aromatic N) is 3. The van der Waals surface area contributed by atoms with E-state index in [1.54, 1.807) is 24.3 Å². The van der Waals surface area contributed by atoms with Crippen LogP contribution < -0.4 is 20.1 Å². The Kier molecular flexibility index (Phi) is 5.48. The fourth-order valence-corrected chi connectivity index (χ4v) is 3.79. The Labute approximate surface area is 186 Å². The number of fused-ring (bicyclic) bond motifs is 1. The van der Waals surface area contributed by atoms with Gasteiger partial charge in [-0.2, -0.15) is 18.3 Å². The highest BCUT2D eigenvalue weighted by Gasteiger charge is 2.43. The number of anilines is 1. The average Bonchev–Trinajstić information content (AvgIpc) is 3.20. The summed E-state index contributed by atoms with van der Waals surface area (Å²) in [6.45, 7) is 0.0260. The zero-order chi connectivity index (χ0) is 23.9. The van der Waals surface area contributed by atoms with Gasteiger partial charge >= 0.3 is 6.18 Å². The van der Waals surface area contributed by atoms with Crippen LogP contribution >= 0.6 is 0 Å². The second-order valence-electron chi connectivity index (χ2n) is 7.24. The predicted molar refractivity (Wildman–Crippen MR) is 112 cm³/mol. The van der Waals surface area contributed by atoms with Crippen LogP contribution in [0.3, 0.4) is 0 Å². The number of primary amides is 1. The van der Waals surface area contributed by atoms with Gasteiger partial charge in [0.15, 0.2) is 5.69 Å². The lowest BCUT2D eigenvalue weighted by Crippen LogP contribution is -2.39. The topological polar surface area (TPSA) is 99.7 Å². The van der Waals surface area contributed by atoms with Crippen LogP contribution in [-0.2, 0) is 12.6 Å².